The van der Waals surface area contributed by atoms with E-state index in [1.807, 2.05) is 20.8 Å². The van der Waals surface area contributed by atoms with Crippen LogP contribution in [0.25, 0.3) is 0 Å². The molecule has 4 heteroatoms. The molecule has 0 heterocycles. The van der Waals surface area contributed by atoms with E-state index < -0.39 is 17.4 Å². The summed E-state index contributed by atoms with van der Waals surface area (Å²) in [6, 6.07) is -0.793. The maximum absolute atomic E-state index is 12.3. The SMILES string of the molecule is CC(C)(C)C(NC(=O)C1C2C3CCC(C3)C12)C(=O)O. The molecule has 0 aromatic carbocycles. The van der Waals surface area contributed by atoms with Crippen LogP contribution >= 0.6 is 0 Å². The van der Waals surface area contributed by atoms with Crippen molar-refractivity contribution in [3.05, 3.63) is 0 Å². The lowest BCUT2D eigenvalue weighted by Crippen LogP contribution is -2.50. The Hall–Kier alpha value is -1.06. The summed E-state index contributed by atoms with van der Waals surface area (Å²) in [5, 5.41) is 12.0. The second-order valence-electron chi connectivity index (χ2n) is 7.66. The van der Waals surface area contributed by atoms with Gasteiger partial charge in [-0.1, -0.05) is 20.8 Å². The van der Waals surface area contributed by atoms with Crippen LogP contribution in [0.4, 0.5) is 0 Å². The average molecular weight is 265 g/mol. The smallest absolute Gasteiger partial charge is 0.326 e. The highest BCUT2D eigenvalue weighted by molar-refractivity contribution is 5.87. The van der Waals surface area contributed by atoms with Gasteiger partial charge in [0.05, 0.1) is 0 Å². The molecule has 0 spiro atoms. The van der Waals surface area contributed by atoms with Crippen molar-refractivity contribution in [2.45, 2.75) is 46.1 Å². The van der Waals surface area contributed by atoms with E-state index in [4.69, 9.17) is 0 Å². The molecule has 3 aliphatic carbocycles. The van der Waals surface area contributed by atoms with Gasteiger partial charge >= 0.3 is 5.97 Å². The summed E-state index contributed by atoms with van der Waals surface area (Å²) in [7, 11) is 0. The van der Waals surface area contributed by atoms with Gasteiger partial charge < -0.3 is 10.4 Å². The van der Waals surface area contributed by atoms with Crippen molar-refractivity contribution in [1.29, 1.82) is 0 Å². The quantitative estimate of drug-likeness (QED) is 0.819. The molecule has 2 N–H and O–H groups in total. The number of carboxylic acids is 1. The lowest BCUT2D eigenvalue weighted by Gasteiger charge is -2.28. The van der Waals surface area contributed by atoms with E-state index in [0.717, 1.165) is 11.8 Å². The molecule has 0 aliphatic heterocycles. The minimum absolute atomic E-state index is 0.0195. The lowest BCUT2D eigenvalue weighted by atomic mass is 9.86. The van der Waals surface area contributed by atoms with Gasteiger partial charge in [0, 0.05) is 5.92 Å². The number of amides is 1. The highest BCUT2D eigenvalue weighted by atomic mass is 16.4. The van der Waals surface area contributed by atoms with Crippen LogP contribution in [0.5, 0.6) is 0 Å². The number of carboxylic acid groups (broad SMARTS) is 1. The molecular weight excluding hydrogens is 242 g/mol. The third-order valence-electron chi connectivity index (χ3n) is 5.44. The van der Waals surface area contributed by atoms with E-state index in [9.17, 15) is 14.7 Å². The molecule has 106 valence electrons. The van der Waals surface area contributed by atoms with Crippen molar-refractivity contribution in [2.75, 3.05) is 0 Å². The summed E-state index contributed by atoms with van der Waals surface area (Å²) in [5.41, 5.74) is -0.454. The van der Waals surface area contributed by atoms with E-state index in [0.29, 0.717) is 11.8 Å². The largest absolute Gasteiger partial charge is 0.480 e. The molecule has 0 saturated heterocycles. The molecule has 0 aromatic rings. The molecule has 5 unspecified atom stereocenters. The third-order valence-corrected chi connectivity index (χ3v) is 5.44. The van der Waals surface area contributed by atoms with Crippen LogP contribution in [-0.4, -0.2) is 23.0 Å². The second-order valence-corrected chi connectivity index (χ2v) is 7.66. The van der Waals surface area contributed by atoms with Gasteiger partial charge in [-0.25, -0.2) is 4.79 Å². The molecular formula is C15H23NO3. The minimum atomic E-state index is -0.936. The van der Waals surface area contributed by atoms with E-state index in [2.05, 4.69) is 5.32 Å². The molecule has 4 nitrogen and oxygen atoms in total. The number of carbonyl (C=O) groups excluding carboxylic acids is 1. The number of nitrogens with one attached hydrogen (secondary N) is 1. The van der Waals surface area contributed by atoms with Crippen LogP contribution in [0.3, 0.4) is 0 Å². The predicted molar refractivity (Wildman–Crippen MR) is 70.3 cm³/mol. The summed E-state index contributed by atoms with van der Waals surface area (Å²) < 4.78 is 0. The molecule has 3 aliphatic rings. The molecule has 3 saturated carbocycles. The third kappa shape index (κ3) is 1.96. The number of carbonyl (C=O) groups is 2. The van der Waals surface area contributed by atoms with Gasteiger partial charge in [0.15, 0.2) is 0 Å². The van der Waals surface area contributed by atoms with Crippen molar-refractivity contribution in [2.24, 2.45) is 35.0 Å². The highest BCUT2D eigenvalue weighted by Crippen LogP contribution is 2.69. The Morgan fingerprint density at radius 1 is 1.16 bits per heavy atom. The summed E-state index contributed by atoms with van der Waals surface area (Å²) >= 11 is 0. The molecule has 3 fully saturated rings. The zero-order valence-corrected chi connectivity index (χ0v) is 11.8. The summed E-state index contributed by atoms with van der Waals surface area (Å²) in [5.74, 6) is 1.76. The van der Waals surface area contributed by atoms with Crippen LogP contribution in [0, 0.1) is 35.0 Å². The number of rotatable bonds is 3. The van der Waals surface area contributed by atoms with E-state index in [1.165, 1.54) is 19.3 Å². The molecule has 3 rings (SSSR count). The summed E-state index contributed by atoms with van der Waals surface area (Å²) in [6.45, 7) is 5.55. The maximum atomic E-state index is 12.3. The van der Waals surface area contributed by atoms with Crippen molar-refractivity contribution in [1.82, 2.24) is 5.32 Å². The fraction of sp³-hybridized carbons (Fsp3) is 0.867. The number of hydrogen-bond donors (Lipinski definition) is 2. The molecule has 1 amide bonds. The first-order valence-electron chi connectivity index (χ1n) is 7.34. The first-order valence-corrected chi connectivity index (χ1v) is 7.34. The molecule has 19 heavy (non-hydrogen) atoms. The van der Waals surface area contributed by atoms with Gasteiger partial charge in [-0.15, -0.1) is 0 Å². The van der Waals surface area contributed by atoms with Crippen LogP contribution < -0.4 is 5.32 Å². The Morgan fingerprint density at radius 3 is 2.11 bits per heavy atom. The second kappa shape index (κ2) is 3.97. The summed E-state index contributed by atoms with van der Waals surface area (Å²) in [6.07, 6.45) is 3.86. The Balaban J connectivity index is 1.65. The van der Waals surface area contributed by atoms with Crippen molar-refractivity contribution < 1.29 is 14.7 Å². The Kier molecular flexibility index (Phi) is 2.70. The normalized spacial score (nSPS) is 40.7. The first kappa shape index (κ1) is 12.9. The fourth-order valence-electron chi connectivity index (χ4n) is 4.56. The fourth-order valence-corrected chi connectivity index (χ4v) is 4.56. The van der Waals surface area contributed by atoms with E-state index in [1.54, 1.807) is 0 Å². The number of hydrogen-bond acceptors (Lipinski definition) is 2. The number of aliphatic carboxylic acids is 1. The molecule has 0 radical (unpaired) electrons. The topological polar surface area (TPSA) is 66.4 Å². The summed E-state index contributed by atoms with van der Waals surface area (Å²) in [4.78, 5) is 23.6. The predicted octanol–water partition coefficient (Wildman–Crippen LogP) is 1.89. The van der Waals surface area contributed by atoms with Gasteiger partial charge in [0.2, 0.25) is 5.91 Å². The highest BCUT2D eigenvalue weighted by Gasteiger charge is 2.67. The molecule has 0 aromatic heterocycles. The van der Waals surface area contributed by atoms with Gasteiger partial charge in [-0.3, -0.25) is 4.79 Å². The average Bonchev–Trinajstić information content (AvgIpc) is 2.73. The van der Waals surface area contributed by atoms with Gasteiger partial charge in [0.25, 0.3) is 0 Å². The van der Waals surface area contributed by atoms with Crippen molar-refractivity contribution in [3.8, 4) is 0 Å². The molecule has 5 atom stereocenters. The van der Waals surface area contributed by atoms with Gasteiger partial charge in [-0.05, 0) is 48.3 Å². The van der Waals surface area contributed by atoms with Crippen LogP contribution in [0.15, 0.2) is 0 Å². The number of fused-ring (bicyclic) bond motifs is 5. The maximum Gasteiger partial charge on any atom is 0.326 e. The Labute approximate surface area is 113 Å². The standard InChI is InChI=1S/C15H23NO3/c1-15(2,3)12(14(18)19)16-13(17)11-9-7-4-5-8(6-7)10(9)11/h7-12H,4-6H2,1-3H3,(H,16,17)(H,18,19). The minimum Gasteiger partial charge on any atom is -0.480 e. The molecule has 2 bridgehead atoms. The van der Waals surface area contributed by atoms with Gasteiger partial charge in [0.1, 0.15) is 6.04 Å². The van der Waals surface area contributed by atoms with Crippen molar-refractivity contribution in [3.63, 3.8) is 0 Å². The lowest BCUT2D eigenvalue weighted by molar-refractivity contribution is -0.145. The van der Waals surface area contributed by atoms with Gasteiger partial charge in [-0.2, -0.15) is 0 Å². The Bertz CT molecular complexity index is 410. The zero-order chi connectivity index (χ0) is 13.9. The van der Waals surface area contributed by atoms with Crippen LogP contribution in [-0.2, 0) is 9.59 Å². The van der Waals surface area contributed by atoms with E-state index >= 15 is 0 Å². The van der Waals surface area contributed by atoms with E-state index in [-0.39, 0.29) is 11.8 Å². The Morgan fingerprint density at radius 2 is 1.68 bits per heavy atom. The van der Waals surface area contributed by atoms with Crippen molar-refractivity contribution >= 4 is 11.9 Å². The zero-order valence-electron chi connectivity index (χ0n) is 11.8. The van der Waals surface area contributed by atoms with Crippen LogP contribution in [0.1, 0.15) is 40.0 Å². The monoisotopic (exact) mass is 265 g/mol. The first-order chi connectivity index (χ1) is 8.80. The van der Waals surface area contributed by atoms with Crippen LogP contribution in [0.2, 0.25) is 0 Å².